The minimum absolute atomic E-state index is 0.0519. The predicted molar refractivity (Wildman–Crippen MR) is 174 cm³/mol. The van der Waals surface area contributed by atoms with Gasteiger partial charge in [-0.2, -0.15) is 0 Å². The van der Waals surface area contributed by atoms with Gasteiger partial charge >= 0.3 is 5.97 Å². The van der Waals surface area contributed by atoms with Crippen molar-refractivity contribution in [1.29, 1.82) is 0 Å². The summed E-state index contributed by atoms with van der Waals surface area (Å²) >= 11 is 1.67. The van der Waals surface area contributed by atoms with E-state index in [0.717, 1.165) is 43.7 Å². The van der Waals surface area contributed by atoms with E-state index in [9.17, 15) is 19.5 Å². The van der Waals surface area contributed by atoms with E-state index in [1.54, 1.807) is 33.7 Å². The number of rotatable bonds is 17. The molecule has 4 rings (SSSR count). The summed E-state index contributed by atoms with van der Waals surface area (Å²) in [6.07, 6.45) is 7.82. The Labute approximate surface area is 261 Å². The van der Waals surface area contributed by atoms with E-state index in [4.69, 9.17) is 4.74 Å². The van der Waals surface area contributed by atoms with Crippen LogP contribution in [0.2, 0.25) is 0 Å². The molecule has 8 nitrogen and oxygen atoms in total. The number of hydrogen-bond donors (Lipinski definition) is 1. The number of ether oxygens (including phenoxy) is 1. The number of unbranched alkanes of at least 4 members (excludes halogenated alkanes) is 3. The van der Waals surface area contributed by atoms with Crippen molar-refractivity contribution in [3.63, 3.8) is 0 Å². The highest BCUT2D eigenvalue weighted by atomic mass is 32.2. The maximum Gasteiger partial charge on any atom is 0.310 e. The Morgan fingerprint density at radius 1 is 1.09 bits per heavy atom. The number of nitrogens with zero attached hydrogens (tertiary/aromatic N) is 3. The quantitative estimate of drug-likeness (QED) is 0.150. The highest BCUT2D eigenvalue weighted by molar-refractivity contribution is 8.02. The van der Waals surface area contributed by atoms with Crippen molar-refractivity contribution in [2.24, 2.45) is 17.8 Å². The van der Waals surface area contributed by atoms with Crippen LogP contribution in [0.4, 0.5) is 11.4 Å². The smallest absolute Gasteiger partial charge is 0.310 e. The molecule has 3 aliphatic heterocycles. The van der Waals surface area contributed by atoms with Crippen LogP contribution < -0.4 is 9.80 Å². The van der Waals surface area contributed by atoms with Gasteiger partial charge < -0.3 is 24.5 Å². The van der Waals surface area contributed by atoms with Crippen LogP contribution >= 0.6 is 11.8 Å². The van der Waals surface area contributed by atoms with Crippen molar-refractivity contribution >= 4 is 40.9 Å². The molecule has 3 saturated heterocycles. The van der Waals surface area contributed by atoms with E-state index in [2.05, 4.69) is 38.8 Å². The van der Waals surface area contributed by atoms with E-state index in [-0.39, 0.29) is 35.6 Å². The summed E-state index contributed by atoms with van der Waals surface area (Å²) < 4.78 is 5.00. The van der Waals surface area contributed by atoms with Crippen molar-refractivity contribution < 1.29 is 24.2 Å². The van der Waals surface area contributed by atoms with Gasteiger partial charge in [0, 0.05) is 49.4 Å². The Morgan fingerprint density at radius 2 is 1.79 bits per heavy atom. The fraction of sp³-hybridized carbons (Fsp3) is 0.618. The van der Waals surface area contributed by atoms with Gasteiger partial charge in [-0.3, -0.25) is 14.4 Å². The van der Waals surface area contributed by atoms with E-state index in [0.29, 0.717) is 39.0 Å². The number of esters is 1. The molecule has 0 saturated carbocycles. The maximum absolute atomic E-state index is 14.8. The second-order valence-corrected chi connectivity index (χ2v) is 13.4. The summed E-state index contributed by atoms with van der Waals surface area (Å²) in [7, 11) is 0. The first-order valence-corrected chi connectivity index (χ1v) is 16.8. The van der Waals surface area contributed by atoms with Crippen molar-refractivity contribution in [2.45, 2.75) is 75.3 Å². The lowest BCUT2D eigenvalue weighted by atomic mass is 9.66. The average Bonchev–Trinajstić information content (AvgIpc) is 3.60. The Balaban J connectivity index is 1.70. The summed E-state index contributed by atoms with van der Waals surface area (Å²) in [5, 5.41) is 9.28. The molecule has 43 heavy (non-hydrogen) atoms. The molecule has 9 heteroatoms. The van der Waals surface area contributed by atoms with Crippen LogP contribution in [0.15, 0.2) is 49.6 Å². The third kappa shape index (κ3) is 6.25. The van der Waals surface area contributed by atoms with Crippen LogP contribution in [0, 0.1) is 17.8 Å². The number of benzene rings is 1. The van der Waals surface area contributed by atoms with Crippen LogP contribution in [0.3, 0.4) is 0 Å². The highest BCUT2D eigenvalue weighted by Gasteiger charge is 2.76. The van der Waals surface area contributed by atoms with E-state index >= 15 is 0 Å². The number of hydrogen-bond acceptors (Lipinski definition) is 7. The number of thioether (sulfide) groups is 1. The van der Waals surface area contributed by atoms with E-state index in [1.165, 1.54) is 0 Å². The highest BCUT2D eigenvalue weighted by Crippen LogP contribution is 2.68. The van der Waals surface area contributed by atoms with Crippen molar-refractivity contribution in [3.8, 4) is 0 Å². The van der Waals surface area contributed by atoms with Crippen molar-refractivity contribution in [1.82, 2.24) is 4.90 Å². The molecular formula is C34H49N3O5S. The standard InChI is InChI=1S/C34H49N3O5S/c1-6-10-14-22-42-33(41)28-27-23-24(5)34(43-27)29(28)31(39)37(20-12-11-13-21-38)30(34)32(40)36(19-7-2)26-17-15-25(16-18-26)35(8-3)9-4/h6-7,15-18,24,27-30,38H,1-2,8-14,19-23H2,3-5H3/t24?,27-,28+,29+,30?,34?/m1/s1. The first-order valence-electron chi connectivity index (χ1n) is 15.9. The fourth-order valence-electron chi connectivity index (χ4n) is 7.41. The van der Waals surface area contributed by atoms with E-state index < -0.39 is 22.6 Å². The number of likely N-dealkylation sites (tertiary alicyclic amines) is 1. The number of aliphatic hydroxyl groups excluding tert-OH is 1. The summed E-state index contributed by atoms with van der Waals surface area (Å²) in [6, 6.07) is 7.31. The Kier molecular flexibility index (Phi) is 11.4. The number of fused-ring (bicyclic) bond motifs is 1. The predicted octanol–water partition coefficient (Wildman–Crippen LogP) is 5.06. The van der Waals surface area contributed by atoms with Crippen LogP contribution in [0.25, 0.3) is 0 Å². The molecule has 2 bridgehead atoms. The van der Waals surface area contributed by atoms with Crippen LogP contribution in [0.5, 0.6) is 0 Å². The molecule has 0 radical (unpaired) electrons. The summed E-state index contributed by atoms with van der Waals surface area (Å²) in [5.41, 5.74) is 1.85. The van der Waals surface area contributed by atoms with Gasteiger partial charge in [0.25, 0.3) is 5.91 Å². The molecule has 1 aromatic rings. The lowest BCUT2D eigenvalue weighted by Gasteiger charge is -2.40. The number of aliphatic hydroxyl groups is 1. The molecule has 6 atom stereocenters. The van der Waals surface area contributed by atoms with Gasteiger partial charge in [0.1, 0.15) is 6.04 Å². The zero-order valence-electron chi connectivity index (χ0n) is 26.1. The topological polar surface area (TPSA) is 90.4 Å². The molecule has 3 heterocycles. The van der Waals surface area contributed by atoms with Crippen LogP contribution in [-0.2, 0) is 19.1 Å². The second-order valence-electron chi connectivity index (χ2n) is 11.9. The molecule has 1 N–H and O–H groups in total. The number of anilines is 2. The lowest BCUT2D eigenvalue weighted by Crippen LogP contribution is -2.57. The Bertz CT molecular complexity index is 1160. The van der Waals surface area contributed by atoms with Crippen molar-refractivity contribution in [2.75, 3.05) is 49.2 Å². The number of amides is 2. The summed E-state index contributed by atoms with van der Waals surface area (Å²) in [5.74, 6) is -1.65. The SMILES string of the molecule is C=CCCCOC(=O)[C@@H]1[C@H]2C(=O)N(CCCCCO)C(C(=O)N(CC=C)c3ccc(N(CC)CC)cc3)C23S[C@@H]1CC3C. The number of carbonyl (C=O) groups excluding carboxylic acids is 3. The average molecular weight is 612 g/mol. The first-order chi connectivity index (χ1) is 20.8. The van der Waals surface area contributed by atoms with Gasteiger partial charge in [-0.1, -0.05) is 19.1 Å². The normalized spacial score (nSPS) is 27.2. The van der Waals surface area contributed by atoms with Gasteiger partial charge in [-0.05, 0) is 82.6 Å². The molecule has 0 aromatic heterocycles. The Hall–Kier alpha value is -2.78. The van der Waals surface area contributed by atoms with Crippen molar-refractivity contribution in [3.05, 3.63) is 49.6 Å². The van der Waals surface area contributed by atoms with Gasteiger partial charge in [0.2, 0.25) is 5.91 Å². The molecule has 3 unspecified atom stereocenters. The molecule has 1 aromatic carbocycles. The molecule has 236 valence electrons. The zero-order chi connectivity index (χ0) is 31.1. The fourth-order valence-corrected chi connectivity index (χ4v) is 9.81. The minimum atomic E-state index is -0.707. The van der Waals surface area contributed by atoms with Crippen LogP contribution in [-0.4, -0.2) is 83.2 Å². The molecule has 0 aliphatic carbocycles. The minimum Gasteiger partial charge on any atom is -0.465 e. The molecule has 2 amide bonds. The molecule has 1 spiro atoms. The van der Waals surface area contributed by atoms with Crippen LogP contribution in [0.1, 0.15) is 59.3 Å². The molecule has 3 aliphatic rings. The first kappa shape index (κ1) is 33.1. The monoisotopic (exact) mass is 611 g/mol. The summed E-state index contributed by atoms with van der Waals surface area (Å²) in [6.45, 7) is 16.9. The molecule has 3 fully saturated rings. The maximum atomic E-state index is 14.8. The molecular weight excluding hydrogens is 562 g/mol. The summed E-state index contributed by atoms with van der Waals surface area (Å²) in [4.78, 5) is 48.4. The number of allylic oxidation sites excluding steroid dienone is 1. The number of carbonyl (C=O) groups is 3. The largest absolute Gasteiger partial charge is 0.465 e. The third-order valence-corrected chi connectivity index (χ3v) is 11.5. The van der Waals surface area contributed by atoms with Gasteiger partial charge in [-0.25, -0.2) is 0 Å². The lowest BCUT2D eigenvalue weighted by molar-refractivity contribution is -0.154. The van der Waals surface area contributed by atoms with E-state index in [1.807, 2.05) is 24.3 Å². The van der Waals surface area contributed by atoms with Gasteiger partial charge in [0.15, 0.2) is 0 Å². The third-order valence-electron chi connectivity index (χ3n) is 9.47. The Morgan fingerprint density at radius 3 is 2.42 bits per heavy atom. The zero-order valence-corrected chi connectivity index (χ0v) is 26.9. The second kappa shape index (κ2) is 14.8. The van der Waals surface area contributed by atoms with Gasteiger partial charge in [0.05, 0.1) is 23.2 Å². The van der Waals surface area contributed by atoms with Gasteiger partial charge in [-0.15, -0.1) is 24.9 Å².